The summed E-state index contributed by atoms with van der Waals surface area (Å²) in [7, 11) is 3.10. The van der Waals surface area contributed by atoms with Crippen LogP contribution < -0.4 is 0 Å². The van der Waals surface area contributed by atoms with Crippen molar-refractivity contribution in [3.8, 4) is 0 Å². The predicted octanol–water partition coefficient (Wildman–Crippen LogP) is 9.09. The van der Waals surface area contributed by atoms with Gasteiger partial charge in [-0.05, 0) is 146 Å². The van der Waals surface area contributed by atoms with E-state index in [1.165, 1.54) is 12.0 Å². The maximum atomic E-state index is 13.7. The van der Waals surface area contributed by atoms with Crippen molar-refractivity contribution in [1.82, 2.24) is 0 Å². The van der Waals surface area contributed by atoms with Crippen LogP contribution in [0.4, 0.5) is 0 Å². The molecule has 3 heterocycles. The number of rotatable bonds is 19. The number of aliphatic hydroxyl groups excluding tert-OH is 2. The van der Waals surface area contributed by atoms with Gasteiger partial charge in [0, 0.05) is 29.9 Å². The van der Waals surface area contributed by atoms with E-state index in [1.807, 2.05) is 13.8 Å². The monoisotopic (exact) mass is 964 g/mol. The number of carbonyl (C=O) groups is 3. The molecule has 9 rings (SSSR count). The van der Waals surface area contributed by atoms with Gasteiger partial charge in [-0.2, -0.15) is 0 Å². The smallest absolute Gasteiger partial charge is 0.334 e. The van der Waals surface area contributed by atoms with Gasteiger partial charge in [-0.25, -0.2) is 4.79 Å². The molecule has 0 aromatic carbocycles. The molecule has 67 heavy (non-hydrogen) atoms. The lowest BCUT2D eigenvalue weighted by atomic mass is 9.55. The van der Waals surface area contributed by atoms with Gasteiger partial charge in [0.1, 0.15) is 23.9 Å². The zero-order chi connectivity index (χ0) is 47.5. The fourth-order valence-electron chi connectivity index (χ4n) is 13.8. The van der Waals surface area contributed by atoms with Gasteiger partial charge in [-0.3, -0.25) is 9.59 Å². The normalized spacial score (nSPS) is 39.0. The Kier molecular flexibility index (Phi) is 14.6. The number of ether oxygens (including phenoxy) is 5. The molecular weight excluding hydrogens is 889 g/mol. The molecule has 4 unspecified atom stereocenters. The number of cyclic esters (lactones) is 1. The summed E-state index contributed by atoms with van der Waals surface area (Å²) in [5.74, 6) is 2.04. The third kappa shape index (κ3) is 10.2. The Labute approximate surface area is 406 Å². The van der Waals surface area contributed by atoms with Crippen molar-refractivity contribution in [3.63, 3.8) is 0 Å². The first-order valence-electron chi connectivity index (χ1n) is 25.6. The highest BCUT2D eigenvalue weighted by Gasteiger charge is 2.74. The molecule has 0 radical (unpaired) electrons. The van der Waals surface area contributed by atoms with Gasteiger partial charge in [0.2, 0.25) is 0 Å². The molecular formula is C54H76O11S2. The highest BCUT2D eigenvalue weighted by Crippen LogP contribution is 2.66. The molecule has 370 valence electrons. The quantitative estimate of drug-likeness (QED) is 0.0281. The average Bonchev–Trinajstić information content (AvgIpc) is 4.23. The summed E-state index contributed by atoms with van der Waals surface area (Å²) in [6, 6.07) is 0. The van der Waals surface area contributed by atoms with E-state index < -0.39 is 29.5 Å². The molecule has 2 saturated heterocycles. The summed E-state index contributed by atoms with van der Waals surface area (Å²) in [4.78, 5) is 39.3. The third-order valence-corrected chi connectivity index (χ3v) is 20.4. The Morgan fingerprint density at radius 2 is 1.69 bits per heavy atom. The van der Waals surface area contributed by atoms with Crippen molar-refractivity contribution in [3.05, 3.63) is 58.7 Å². The largest absolute Gasteiger partial charge is 0.458 e. The predicted molar refractivity (Wildman–Crippen MR) is 259 cm³/mol. The minimum atomic E-state index is -1.34. The fourth-order valence-corrected chi connectivity index (χ4v) is 15.7. The number of hydrogen-bond donors (Lipinski definition) is 3. The highest BCUT2D eigenvalue weighted by molar-refractivity contribution is 8.76. The van der Waals surface area contributed by atoms with Gasteiger partial charge in [0.25, 0.3) is 0 Å². The minimum Gasteiger partial charge on any atom is -0.458 e. The molecule has 13 heteroatoms. The van der Waals surface area contributed by atoms with Crippen molar-refractivity contribution in [2.45, 2.75) is 185 Å². The van der Waals surface area contributed by atoms with Gasteiger partial charge < -0.3 is 39.0 Å². The van der Waals surface area contributed by atoms with Crippen molar-refractivity contribution in [2.24, 2.45) is 46.3 Å². The van der Waals surface area contributed by atoms with Crippen LogP contribution in [0.2, 0.25) is 0 Å². The zero-order valence-corrected chi connectivity index (χ0v) is 42.1. The van der Waals surface area contributed by atoms with E-state index in [0.717, 1.165) is 67.2 Å². The van der Waals surface area contributed by atoms with Crippen LogP contribution in [-0.4, -0.2) is 106 Å². The van der Waals surface area contributed by atoms with Crippen LogP contribution in [0.15, 0.2) is 58.7 Å². The molecule has 0 amide bonds. The fraction of sp³-hybridized carbons (Fsp3) is 0.759. The van der Waals surface area contributed by atoms with Crippen LogP contribution in [0.25, 0.3) is 0 Å². The number of esters is 3. The Balaban J connectivity index is 0.741. The molecule has 7 fully saturated rings. The Morgan fingerprint density at radius 1 is 0.955 bits per heavy atom. The van der Waals surface area contributed by atoms with Gasteiger partial charge in [0.05, 0.1) is 43.9 Å². The molecule has 3 N–H and O–H groups in total. The van der Waals surface area contributed by atoms with Crippen molar-refractivity contribution < 1.29 is 53.4 Å². The molecule has 0 aromatic rings. The van der Waals surface area contributed by atoms with E-state index >= 15 is 0 Å². The first-order chi connectivity index (χ1) is 31.9. The van der Waals surface area contributed by atoms with Gasteiger partial charge >= 0.3 is 17.9 Å². The first kappa shape index (κ1) is 49.6. The second kappa shape index (κ2) is 19.7. The van der Waals surface area contributed by atoms with E-state index in [1.54, 1.807) is 21.6 Å². The van der Waals surface area contributed by atoms with E-state index in [0.29, 0.717) is 93.3 Å². The topological polar surface area (TPSA) is 165 Å². The first-order valence-corrected chi connectivity index (χ1v) is 28.1. The molecule has 0 bridgehead atoms. The lowest BCUT2D eigenvalue weighted by molar-refractivity contribution is -0.190. The SMILES string of the molecule is C=C1/C(=C\C=C2/CCC[C@@]3(C)C2CCC3[C@@H](C)/C=C/C(OC(=O)CCSSCCC(=O)O[C@@H]([C@@]23C[C@@]4(C)CCC5=C(COC5=O)C4C[C@@H]2O3)[C@@](O)(C[C@H]2CO2)C(C)C)C2CC2)C[C@@H](O)C[C@@H]1O. The van der Waals surface area contributed by atoms with E-state index in [9.17, 15) is 29.7 Å². The lowest BCUT2D eigenvalue weighted by Gasteiger charge is -2.50. The lowest BCUT2D eigenvalue weighted by Crippen LogP contribution is -2.60. The van der Waals surface area contributed by atoms with Crippen molar-refractivity contribution >= 4 is 39.5 Å². The van der Waals surface area contributed by atoms with Crippen LogP contribution in [0.1, 0.15) is 137 Å². The van der Waals surface area contributed by atoms with Crippen LogP contribution in [0, 0.1) is 46.3 Å². The number of epoxide rings is 2. The van der Waals surface area contributed by atoms with Crippen LogP contribution in [0.3, 0.4) is 0 Å². The molecule has 0 spiro atoms. The standard InChI is InChI=1S/C54H76O11S2/c1-31(2)53(60,27-38-28-61-38)50(54-30-51(5)21-17-39-40(29-62-49(39)59)43(51)26-46(54)65-54)64-48(58)19-23-67-66-22-18-47(57)63-45(35-11-12-35)16-9-32(3)41-14-15-42-34(8-7-20-52(41,42)6)10-13-36-24-37(55)25-44(56)33(36)4/h9-10,13,16,31-32,35,37-38,41-46,50,55-56,60H,4,7-8,11-12,14-15,17-30H2,1-3,5-6H3/b16-9+,34-10+,36-13-/t32-,37+,38-,41?,42?,43?,44-,45?,46-,50+,51+,52+,53+,54+/m0/s1. The summed E-state index contributed by atoms with van der Waals surface area (Å²) >= 11 is 0. The van der Waals surface area contributed by atoms with Gasteiger partial charge in [-0.1, -0.05) is 86.6 Å². The maximum Gasteiger partial charge on any atom is 0.334 e. The summed E-state index contributed by atoms with van der Waals surface area (Å²) in [5, 5.41) is 33.1. The number of carbonyl (C=O) groups excluding carboxylic acids is 3. The Hall–Kier alpha value is -2.39. The molecule has 6 aliphatic carbocycles. The van der Waals surface area contributed by atoms with Crippen LogP contribution in [0.5, 0.6) is 0 Å². The Morgan fingerprint density at radius 3 is 2.39 bits per heavy atom. The second-order valence-electron chi connectivity index (χ2n) is 22.8. The van der Waals surface area contributed by atoms with E-state index in [2.05, 4.69) is 51.7 Å². The van der Waals surface area contributed by atoms with Crippen molar-refractivity contribution in [2.75, 3.05) is 24.7 Å². The molecule has 0 aromatic heterocycles. The number of fused-ring (bicyclic) bond motifs is 4. The summed E-state index contributed by atoms with van der Waals surface area (Å²) in [6.45, 7) is 16.0. The van der Waals surface area contributed by atoms with Gasteiger partial charge in [0.15, 0.2) is 6.10 Å². The summed E-state index contributed by atoms with van der Waals surface area (Å²) < 4.78 is 30.2. The summed E-state index contributed by atoms with van der Waals surface area (Å²) in [6.07, 6.45) is 18.8. The minimum absolute atomic E-state index is 0.0778. The van der Waals surface area contributed by atoms with Gasteiger partial charge in [-0.15, -0.1) is 0 Å². The van der Waals surface area contributed by atoms with E-state index in [-0.39, 0.29) is 65.3 Å². The van der Waals surface area contributed by atoms with Crippen LogP contribution in [-0.2, 0) is 38.1 Å². The number of hydrogen-bond acceptors (Lipinski definition) is 13. The third-order valence-electron chi connectivity index (χ3n) is 18.0. The molecule has 9 aliphatic rings. The Bertz CT molecular complexity index is 2050. The molecule has 5 saturated carbocycles. The molecule has 3 aliphatic heterocycles. The second-order valence-corrected chi connectivity index (χ2v) is 25.5. The zero-order valence-electron chi connectivity index (χ0n) is 40.5. The molecule has 14 atom stereocenters. The van der Waals surface area contributed by atoms with Crippen LogP contribution >= 0.6 is 21.6 Å². The molecule has 11 nitrogen and oxygen atoms in total. The maximum absolute atomic E-state index is 13.7. The van der Waals surface area contributed by atoms with E-state index in [4.69, 9.17) is 23.7 Å². The highest BCUT2D eigenvalue weighted by atomic mass is 33.1. The average molecular weight is 965 g/mol. The number of allylic oxidation sites excluding steroid dienone is 4. The number of aliphatic hydroxyl groups is 3. The van der Waals surface area contributed by atoms with Crippen molar-refractivity contribution in [1.29, 1.82) is 0 Å². The summed E-state index contributed by atoms with van der Waals surface area (Å²) in [5.41, 5.74) is 2.98.